The molecule has 0 N–H and O–H groups in total. The van der Waals surface area contributed by atoms with Crippen molar-refractivity contribution >= 4 is 0 Å². The molecule has 1 aliphatic rings. The number of hydrogen-bond acceptors (Lipinski definition) is 9. The van der Waals surface area contributed by atoms with Crippen LogP contribution in [0.15, 0.2) is 70.6 Å². The molecule has 11 heteroatoms. The molecule has 0 aliphatic heterocycles. The molecule has 0 atom stereocenters. The highest BCUT2D eigenvalue weighted by atomic mass is 16.5. The van der Waals surface area contributed by atoms with Gasteiger partial charge in [-0.1, -0.05) is 23.4 Å². The van der Waals surface area contributed by atoms with E-state index in [-0.39, 0.29) is 12.0 Å². The van der Waals surface area contributed by atoms with E-state index in [1.165, 1.54) is 6.07 Å². The number of aryl methyl sites for hydroxylation is 1. The van der Waals surface area contributed by atoms with Gasteiger partial charge >= 0.3 is 0 Å². The van der Waals surface area contributed by atoms with Gasteiger partial charge in [0.1, 0.15) is 11.4 Å². The Morgan fingerprint density at radius 2 is 2.00 bits per heavy atom. The third-order valence-corrected chi connectivity index (χ3v) is 5.80. The fourth-order valence-electron chi connectivity index (χ4n) is 3.76. The molecular formula is C25H22N8O3. The Morgan fingerprint density at radius 1 is 1.14 bits per heavy atom. The maximum atomic E-state index is 12.5. The zero-order chi connectivity index (χ0) is 24.5. The zero-order valence-corrected chi connectivity index (χ0v) is 19.5. The molecule has 0 spiro atoms. The van der Waals surface area contributed by atoms with Crippen LogP contribution in [0.5, 0.6) is 5.75 Å². The first-order chi connectivity index (χ1) is 17.6. The van der Waals surface area contributed by atoms with Crippen LogP contribution in [0, 0.1) is 0 Å². The van der Waals surface area contributed by atoms with E-state index in [4.69, 9.17) is 9.26 Å². The second-order valence-electron chi connectivity index (χ2n) is 8.67. The predicted molar refractivity (Wildman–Crippen MR) is 127 cm³/mol. The summed E-state index contributed by atoms with van der Waals surface area (Å²) in [4.78, 5) is 25.7. The minimum Gasteiger partial charge on any atom is -0.482 e. The van der Waals surface area contributed by atoms with E-state index in [0.29, 0.717) is 41.3 Å². The van der Waals surface area contributed by atoms with Crippen LogP contribution in [0.4, 0.5) is 0 Å². The van der Waals surface area contributed by atoms with Gasteiger partial charge in [0.15, 0.2) is 18.2 Å². The summed E-state index contributed by atoms with van der Waals surface area (Å²) in [6, 6.07) is 9.25. The van der Waals surface area contributed by atoms with Gasteiger partial charge in [-0.05, 0) is 24.5 Å². The predicted octanol–water partition coefficient (Wildman–Crippen LogP) is 2.85. The van der Waals surface area contributed by atoms with E-state index in [0.717, 1.165) is 29.7 Å². The van der Waals surface area contributed by atoms with Crippen molar-refractivity contribution < 1.29 is 9.26 Å². The molecule has 36 heavy (non-hydrogen) atoms. The second kappa shape index (κ2) is 9.17. The topological polar surface area (TPSA) is 127 Å². The SMILES string of the molecule is Cn1cc(-n2ccc(=O)c(Cc3cccc(-c4ncc(OCc5noc(C6CC6)n5)cn4)c3)n2)cn1. The van der Waals surface area contributed by atoms with E-state index in [9.17, 15) is 4.79 Å². The Hall–Kier alpha value is -4.67. The van der Waals surface area contributed by atoms with Crippen LogP contribution in [0.2, 0.25) is 0 Å². The molecule has 6 rings (SSSR count). The maximum absolute atomic E-state index is 12.5. The summed E-state index contributed by atoms with van der Waals surface area (Å²) in [6.07, 6.45) is 11.0. The Bertz CT molecular complexity index is 1570. The monoisotopic (exact) mass is 482 g/mol. The number of hydrogen-bond donors (Lipinski definition) is 0. The summed E-state index contributed by atoms with van der Waals surface area (Å²) in [5.41, 5.74) is 2.85. The lowest BCUT2D eigenvalue weighted by molar-refractivity contribution is 0.283. The number of rotatable bonds is 8. The van der Waals surface area contributed by atoms with E-state index in [1.807, 2.05) is 37.5 Å². The Kier molecular flexibility index (Phi) is 5.56. The van der Waals surface area contributed by atoms with Crippen LogP contribution >= 0.6 is 0 Å². The first-order valence-corrected chi connectivity index (χ1v) is 11.6. The van der Waals surface area contributed by atoms with Gasteiger partial charge in [-0.3, -0.25) is 9.48 Å². The molecule has 5 aromatic rings. The summed E-state index contributed by atoms with van der Waals surface area (Å²) < 4.78 is 14.3. The van der Waals surface area contributed by atoms with Crippen LogP contribution in [0.1, 0.15) is 41.7 Å². The molecule has 0 bridgehead atoms. The van der Waals surface area contributed by atoms with Gasteiger partial charge in [0.2, 0.25) is 17.1 Å². The van der Waals surface area contributed by atoms with Gasteiger partial charge in [-0.25, -0.2) is 14.6 Å². The summed E-state index contributed by atoms with van der Waals surface area (Å²) in [6.45, 7) is 0.190. The molecule has 0 saturated heterocycles. The van der Waals surface area contributed by atoms with Crippen molar-refractivity contribution in [2.24, 2.45) is 7.05 Å². The number of nitrogens with zero attached hydrogens (tertiary/aromatic N) is 8. The average molecular weight is 483 g/mol. The molecule has 180 valence electrons. The van der Waals surface area contributed by atoms with Gasteiger partial charge in [0.05, 0.1) is 24.8 Å². The first-order valence-electron chi connectivity index (χ1n) is 11.6. The van der Waals surface area contributed by atoms with Gasteiger partial charge in [0.25, 0.3) is 0 Å². The van der Waals surface area contributed by atoms with E-state index in [1.54, 1.807) is 34.2 Å². The molecule has 4 aromatic heterocycles. The Labute approximate surface area is 205 Å². The molecule has 0 radical (unpaired) electrons. The van der Waals surface area contributed by atoms with Gasteiger partial charge in [0, 0.05) is 37.2 Å². The van der Waals surface area contributed by atoms with Crippen LogP contribution in [0.3, 0.4) is 0 Å². The minimum atomic E-state index is -0.121. The largest absolute Gasteiger partial charge is 0.482 e. The normalized spacial score (nSPS) is 13.1. The van der Waals surface area contributed by atoms with E-state index in [2.05, 4.69) is 30.3 Å². The number of ether oxygens (including phenoxy) is 1. The van der Waals surface area contributed by atoms with Crippen LogP contribution < -0.4 is 10.2 Å². The van der Waals surface area contributed by atoms with Crippen molar-refractivity contribution in [1.82, 2.24) is 39.7 Å². The molecule has 0 unspecified atom stereocenters. The third kappa shape index (κ3) is 4.76. The van der Waals surface area contributed by atoms with E-state index >= 15 is 0 Å². The lowest BCUT2D eigenvalue weighted by Gasteiger charge is -2.07. The quantitative estimate of drug-likeness (QED) is 0.328. The van der Waals surface area contributed by atoms with Crippen LogP contribution in [0.25, 0.3) is 17.1 Å². The molecule has 1 aromatic carbocycles. The standard InChI is InChI=1S/C25H22N8O3/c1-32-14-19(11-28-32)33-8-7-22(34)21(30-33)10-16-3-2-4-18(9-16)24-26-12-20(13-27-24)35-15-23-29-25(36-31-23)17-5-6-17/h2-4,7-9,11-14,17H,5-6,10,15H2,1H3. The van der Waals surface area contributed by atoms with Gasteiger partial charge in [-0.2, -0.15) is 15.2 Å². The first kappa shape index (κ1) is 21.8. The molecule has 0 amide bonds. The van der Waals surface area contributed by atoms with Gasteiger partial charge in [-0.15, -0.1) is 0 Å². The van der Waals surface area contributed by atoms with Crippen LogP contribution in [-0.2, 0) is 20.1 Å². The van der Waals surface area contributed by atoms with Crippen molar-refractivity contribution in [3.8, 4) is 22.8 Å². The van der Waals surface area contributed by atoms with Crippen molar-refractivity contribution in [3.05, 3.63) is 94.5 Å². The second-order valence-corrected chi connectivity index (χ2v) is 8.67. The zero-order valence-electron chi connectivity index (χ0n) is 19.5. The van der Waals surface area contributed by atoms with Crippen molar-refractivity contribution in [2.75, 3.05) is 0 Å². The highest BCUT2D eigenvalue weighted by Crippen LogP contribution is 2.38. The van der Waals surface area contributed by atoms with Crippen molar-refractivity contribution in [3.63, 3.8) is 0 Å². The average Bonchev–Trinajstić information content (AvgIpc) is 3.48. The smallest absolute Gasteiger partial charge is 0.229 e. The van der Waals surface area contributed by atoms with E-state index < -0.39 is 0 Å². The van der Waals surface area contributed by atoms with Crippen molar-refractivity contribution in [2.45, 2.75) is 31.8 Å². The Balaban J connectivity index is 1.15. The molecular weight excluding hydrogens is 460 g/mol. The lowest BCUT2D eigenvalue weighted by atomic mass is 10.1. The van der Waals surface area contributed by atoms with Crippen molar-refractivity contribution in [1.29, 1.82) is 0 Å². The Morgan fingerprint density at radius 3 is 2.78 bits per heavy atom. The minimum absolute atomic E-state index is 0.121. The summed E-state index contributed by atoms with van der Waals surface area (Å²) in [5, 5.41) is 12.6. The third-order valence-electron chi connectivity index (χ3n) is 5.80. The van der Waals surface area contributed by atoms with Gasteiger partial charge < -0.3 is 9.26 Å². The highest BCUT2D eigenvalue weighted by Gasteiger charge is 2.29. The fraction of sp³-hybridized carbons (Fsp3) is 0.240. The maximum Gasteiger partial charge on any atom is 0.229 e. The molecule has 1 aliphatic carbocycles. The van der Waals surface area contributed by atoms with Crippen LogP contribution in [-0.4, -0.2) is 39.7 Å². The number of aromatic nitrogens is 8. The fourth-order valence-corrected chi connectivity index (χ4v) is 3.76. The summed E-state index contributed by atoms with van der Waals surface area (Å²) in [7, 11) is 1.83. The molecule has 1 saturated carbocycles. The molecule has 1 fully saturated rings. The summed E-state index contributed by atoms with van der Waals surface area (Å²) in [5.74, 6) is 2.66. The summed E-state index contributed by atoms with van der Waals surface area (Å²) >= 11 is 0. The highest BCUT2D eigenvalue weighted by molar-refractivity contribution is 5.56. The lowest BCUT2D eigenvalue weighted by Crippen LogP contribution is -2.16. The molecule has 11 nitrogen and oxygen atoms in total. The molecule has 4 heterocycles. The number of benzene rings is 1.